The fraction of sp³-hybridized carbons (Fsp3) is 0.533. The molecule has 0 aliphatic carbocycles. The molecule has 2 aliphatic heterocycles. The smallest absolute Gasteiger partial charge is 0.353 e. The van der Waals surface area contributed by atoms with Crippen molar-refractivity contribution in [3.05, 3.63) is 28.6 Å². The monoisotopic (exact) mass is 337 g/mol. The molecule has 7 nitrogen and oxygen atoms in total. The highest BCUT2D eigenvalue weighted by atomic mass is 32.2. The molecule has 1 aromatic rings. The van der Waals surface area contributed by atoms with Gasteiger partial charge in [0.05, 0.1) is 12.0 Å². The molecule has 0 bridgehead atoms. The predicted molar refractivity (Wildman–Crippen MR) is 84.4 cm³/mol. The molecule has 1 aromatic heterocycles. The van der Waals surface area contributed by atoms with Crippen molar-refractivity contribution in [2.75, 3.05) is 12.4 Å². The van der Waals surface area contributed by atoms with Crippen LogP contribution in [0, 0.1) is 11.8 Å². The summed E-state index contributed by atoms with van der Waals surface area (Å²) in [5.41, 5.74) is 1.12. The lowest BCUT2D eigenvalue weighted by atomic mass is 9.80. The molecule has 3 rings (SSSR count). The second-order valence-corrected chi connectivity index (χ2v) is 6.94. The number of hydrogen-bond acceptors (Lipinski definition) is 5. The fourth-order valence-electron chi connectivity index (χ4n) is 3.43. The number of aromatic nitrogens is 2. The number of hydrogen-bond donors (Lipinski definition) is 3. The zero-order chi connectivity index (χ0) is 16.6. The molecule has 124 valence electrons. The average Bonchev–Trinajstić information content (AvgIpc) is 3.11. The maximum Gasteiger partial charge on any atom is 0.353 e. The summed E-state index contributed by atoms with van der Waals surface area (Å²) in [6.07, 6.45) is 2.83. The minimum Gasteiger partial charge on any atom is -0.477 e. The zero-order valence-corrected chi connectivity index (χ0v) is 13.5. The molecular weight excluding hydrogens is 318 g/mol. The Morgan fingerprint density at radius 1 is 1.52 bits per heavy atom. The lowest BCUT2D eigenvalue weighted by Gasteiger charge is -2.45. The Labute approximate surface area is 137 Å². The number of carboxylic acid groups (broad SMARTS) is 1. The highest BCUT2D eigenvalue weighted by Crippen LogP contribution is 2.50. The lowest BCUT2D eigenvalue weighted by Crippen LogP contribution is -2.60. The number of carbonyl (C=O) groups excluding carboxylic acids is 1. The molecule has 3 heterocycles. The van der Waals surface area contributed by atoms with Crippen molar-refractivity contribution in [1.29, 1.82) is 0 Å². The molecule has 23 heavy (non-hydrogen) atoms. The number of fused-ring (bicyclic) bond motifs is 1. The van der Waals surface area contributed by atoms with Gasteiger partial charge in [-0.3, -0.25) is 9.89 Å². The minimum absolute atomic E-state index is 0.0119. The first-order chi connectivity index (χ1) is 11.1. The average molecular weight is 337 g/mol. The Balaban J connectivity index is 1.74. The lowest BCUT2D eigenvalue weighted by molar-refractivity contribution is -0.157. The van der Waals surface area contributed by atoms with Crippen LogP contribution < -0.4 is 0 Å². The minimum atomic E-state index is -1.06. The van der Waals surface area contributed by atoms with E-state index < -0.39 is 5.97 Å². The van der Waals surface area contributed by atoms with Crippen LogP contribution in [0.5, 0.6) is 0 Å². The van der Waals surface area contributed by atoms with E-state index in [0.29, 0.717) is 6.42 Å². The SMILES string of the molecule is C[C@H]1C(SCCc2ccn[nH]2)=C(C(=O)O)N2C(=O)[C@H](CCO)[C@H]12. The zero-order valence-electron chi connectivity index (χ0n) is 12.7. The van der Waals surface area contributed by atoms with E-state index >= 15 is 0 Å². The largest absolute Gasteiger partial charge is 0.477 e. The normalized spacial score (nSPS) is 26.4. The van der Waals surface area contributed by atoms with E-state index in [4.69, 9.17) is 5.11 Å². The molecule has 8 heteroatoms. The third kappa shape index (κ3) is 2.66. The Morgan fingerprint density at radius 2 is 2.30 bits per heavy atom. The van der Waals surface area contributed by atoms with Gasteiger partial charge in [0.25, 0.3) is 0 Å². The fourth-order valence-corrected chi connectivity index (χ4v) is 4.69. The maximum absolute atomic E-state index is 12.2. The Morgan fingerprint density at radius 3 is 2.91 bits per heavy atom. The van der Waals surface area contributed by atoms with E-state index in [0.717, 1.165) is 22.8 Å². The van der Waals surface area contributed by atoms with Crippen LogP contribution in [0.4, 0.5) is 0 Å². The molecule has 0 saturated carbocycles. The second kappa shape index (κ2) is 6.37. The van der Waals surface area contributed by atoms with Gasteiger partial charge in [-0.1, -0.05) is 6.92 Å². The standard InChI is InChI=1S/C15H19N3O4S/c1-8-11-10(3-6-19)14(20)18(11)12(15(21)22)13(8)23-7-4-9-2-5-16-17-9/h2,5,8,10-11,19H,3-4,6-7H2,1H3,(H,16,17)(H,21,22)/t8-,10-,11+/m1/s1. The van der Waals surface area contributed by atoms with Gasteiger partial charge in [-0.2, -0.15) is 5.10 Å². The van der Waals surface area contributed by atoms with Crippen LogP contribution >= 0.6 is 11.8 Å². The molecule has 2 aliphatic rings. The maximum atomic E-state index is 12.2. The van der Waals surface area contributed by atoms with Crippen LogP contribution in [0.1, 0.15) is 19.0 Å². The first-order valence-electron chi connectivity index (χ1n) is 7.58. The summed E-state index contributed by atoms with van der Waals surface area (Å²) in [7, 11) is 0. The van der Waals surface area contributed by atoms with Gasteiger partial charge in [-0.25, -0.2) is 4.79 Å². The molecule has 3 N–H and O–H groups in total. The van der Waals surface area contributed by atoms with Gasteiger partial charge in [-0.05, 0) is 18.9 Å². The molecule has 1 fully saturated rings. The molecule has 1 amide bonds. The van der Waals surface area contributed by atoms with E-state index in [1.807, 2.05) is 13.0 Å². The van der Waals surface area contributed by atoms with Gasteiger partial charge in [-0.15, -0.1) is 11.8 Å². The van der Waals surface area contributed by atoms with Crippen molar-refractivity contribution in [1.82, 2.24) is 15.1 Å². The van der Waals surface area contributed by atoms with E-state index in [2.05, 4.69) is 10.2 Å². The molecule has 3 atom stereocenters. The Hall–Kier alpha value is -1.80. The second-order valence-electron chi connectivity index (χ2n) is 5.80. The molecular formula is C15H19N3O4S. The summed E-state index contributed by atoms with van der Waals surface area (Å²) >= 11 is 1.49. The summed E-state index contributed by atoms with van der Waals surface area (Å²) in [4.78, 5) is 26.0. The first kappa shape index (κ1) is 16.1. The van der Waals surface area contributed by atoms with Crippen molar-refractivity contribution < 1.29 is 19.8 Å². The molecule has 0 aromatic carbocycles. The molecule has 1 saturated heterocycles. The van der Waals surface area contributed by atoms with Crippen LogP contribution in [0.2, 0.25) is 0 Å². The summed E-state index contributed by atoms with van der Waals surface area (Å²) in [5, 5.41) is 25.4. The number of aliphatic hydroxyl groups excluding tert-OH is 1. The summed E-state index contributed by atoms with van der Waals surface area (Å²) in [6, 6.07) is 1.76. The highest BCUT2D eigenvalue weighted by molar-refractivity contribution is 8.03. The number of rotatable bonds is 7. The van der Waals surface area contributed by atoms with Crippen molar-refractivity contribution in [2.24, 2.45) is 11.8 Å². The molecule has 0 unspecified atom stereocenters. The Kier molecular flexibility index (Phi) is 4.45. The third-order valence-corrected chi connectivity index (χ3v) is 5.78. The van der Waals surface area contributed by atoms with Gasteiger partial charge in [0.1, 0.15) is 5.70 Å². The Bertz CT molecular complexity index is 643. The van der Waals surface area contributed by atoms with Crippen molar-refractivity contribution in [3.8, 4) is 0 Å². The van der Waals surface area contributed by atoms with E-state index in [1.54, 1.807) is 6.20 Å². The topological polar surface area (TPSA) is 107 Å². The predicted octanol–water partition coefficient (Wildman–Crippen LogP) is 0.841. The van der Waals surface area contributed by atoms with Crippen LogP contribution in [0.25, 0.3) is 0 Å². The van der Waals surface area contributed by atoms with Gasteiger partial charge < -0.3 is 15.1 Å². The van der Waals surface area contributed by atoms with E-state index in [9.17, 15) is 14.7 Å². The number of nitrogens with one attached hydrogen (secondary N) is 1. The van der Waals surface area contributed by atoms with Gasteiger partial charge >= 0.3 is 5.97 Å². The molecule has 0 spiro atoms. The number of carboxylic acids is 1. The molecule has 0 radical (unpaired) electrons. The number of carbonyl (C=O) groups is 2. The van der Waals surface area contributed by atoms with Gasteiger partial charge in [0.2, 0.25) is 5.91 Å². The van der Waals surface area contributed by atoms with Crippen molar-refractivity contribution >= 4 is 23.6 Å². The number of amides is 1. The third-order valence-electron chi connectivity index (χ3n) is 4.50. The number of aromatic amines is 1. The number of aliphatic hydroxyl groups is 1. The van der Waals surface area contributed by atoms with Crippen LogP contribution in [0.15, 0.2) is 22.9 Å². The van der Waals surface area contributed by atoms with E-state index in [1.165, 1.54) is 16.7 Å². The summed E-state index contributed by atoms with van der Waals surface area (Å²) < 4.78 is 0. The number of nitrogens with zero attached hydrogens (tertiary/aromatic N) is 2. The number of thioether (sulfide) groups is 1. The summed E-state index contributed by atoms with van der Waals surface area (Å²) in [6.45, 7) is 1.90. The first-order valence-corrected chi connectivity index (χ1v) is 8.57. The van der Waals surface area contributed by atoms with Crippen LogP contribution in [-0.4, -0.2) is 55.6 Å². The van der Waals surface area contributed by atoms with Gasteiger partial charge in [0, 0.05) is 35.1 Å². The van der Waals surface area contributed by atoms with Crippen molar-refractivity contribution in [3.63, 3.8) is 0 Å². The number of aliphatic carboxylic acids is 1. The van der Waals surface area contributed by atoms with Crippen LogP contribution in [0.3, 0.4) is 0 Å². The number of aryl methyl sites for hydroxylation is 1. The number of β-lactam (4-membered cyclic amide) rings is 1. The van der Waals surface area contributed by atoms with Crippen molar-refractivity contribution in [2.45, 2.75) is 25.8 Å². The van der Waals surface area contributed by atoms with Gasteiger partial charge in [0.15, 0.2) is 0 Å². The van der Waals surface area contributed by atoms with Crippen LogP contribution in [-0.2, 0) is 16.0 Å². The highest BCUT2D eigenvalue weighted by Gasteiger charge is 2.57. The quantitative estimate of drug-likeness (QED) is 0.637. The summed E-state index contributed by atoms with van der Waals surface area (Å²) in [5.74, 6) is -0.799. The number of H-pyrrole nitrogens is 1. The van der Waals surface area contributed by atoms with E-state index in [-0.39, 0.29) is 36.1 Å².